The molecule has 2 aliphatic heterocycles. The standard InChI is InChI=1S/C23H28N4O5S/c1-25(2)33(30,31)16-11-12-18-20(14-16)27(23(29)19-9-6-7-13-26(18)19)15-22(28)24-17-8-4-5-10-21(17)32-3/h4-5,8,10-12,14,19H,6-7,9,13,15H2,1-3H3,(H,24,28)/t19-/m1/s1. The van der Waals surface area contributed by atoms with E-state index in [1.165, 1.54) is 32.2 Å². The van der Waals surface area contributed by atoms with Gasteiger partial charge in [0.1, 0.15) is 18.3 Å². The van der Waals surface area contributed by atoms with Gasteiger partial charge in [0.2, 0.25) is 21.8 Å². The first kappa shape index (κ1) is 23.1. The molecular formula is C23H28N4O5S. The minimum atomic E-state index is -3.71. The van der Waals surface area contributed by atoms with Crippen LogP contribution in [0.4, 0.5) is 17.1 Å². The van der Waals surface area contributed by atoms with Crippen molar-refractivity contribution in [1.29, 1.82) is 0 Å². The highest BCUT2D eigenvalue weighted by Crippen LogP contribution is 2.41. The number of carbonyl (C=O) groups excluding carboxylic acids is 2. The Morgan fingerprint density at radius 1 is 1.15 bits per heavy atom. The van der Waals surface area contributed by atoms with Crippen LogP contribution in [0.2, 0.25) is 0 Å². The molecule has 0 aliphatic carbocycles. The summed E-state index contributed by atoms with van der Waals surface area (Å²) in [7, 11) is 0.722. The number of rotatable bonds is 6. The molecule has 2 aliphatic rings. The van der Waals surface area contributed by atoms with Crippen LogP contribution in [0.15, 0.2) is 47.4 Å². The van der Waals surface area contributed by atoms with E-state index in [4.69, 9.17) is 4.74 Å². The van der Waals surface area contributed by atoms with Gasteiger partial charge in [0, 0.05) is 20.6 Å². The summed E-state index contributed by atoms with van der Waals surface area (Å²) < 4.78 is 31.9. The number of hydrogen-bond donors (Lipinski definition) is 1. The minimum Gasteiger partial charge on any atom is -0.495 e. The maximum atomic E-state index is 13.4. The third kappa shape index (κ3) is 4.28. The van der Waals surface area contributed by atoms with Crippen LogP contribution in [-0.4, -0.2) is 64.9 Å². The molecule has 1 atom stereocenters. The van der Waals surface area contributed by atoms with Crippen LogP contribution >= 0.6 is 0 Å². The monoisotopic (exact) mass is 472 g/mol. The van der Waals surface area contributed by atoms with Gasteiger partial charge in [-0.2, -0.15) is 0 Å². The van der Waals surface area contributed by atoms with E-state index in [0.717, 1.165) is 22.8 Å². The number of carbonyl (C=O) groups is 2. The third-order valence-corrected chi connectivity index (χ3v) is 7.87. The van der Waals surface area contributed by atoms with Gasteiger partial charge in [0.25, 0.3) is 0 Å². The summed E-state index contributed by atoms with van der Waals surface area (Å²) in [5, 5.41) is 2.80. The van der Waals surface area contributed by atoms with Crippen LogP contribution in [0, 0.1) is 0 Å². The van der Waals surface area contributed by atoms with E-state index in [0.29, 0.717) is 30.1 Å². The maximum Gasteiger partial charge on any atom is 0.250 e. The minimum absolute atomic E-state index is 0.0737. The van der Waals surface area contributed by atoms with E-state index >= 15 is 0 Å². The second kappa shape index (κ2) is 9.03. The fraction of sp³-hybridized carbons (Fsp3) is 0.391. The molecule has 4 rings (SSSR count). The average Bonchev–Trinajstić information content (AvgIpc) is 2.81. The lowest BCUT2D eigenvalue weighted by Gasteiger charge is -2.45. The first-order chi connectivity index (χ1) is 15.7. The number of piperidine rings is 1. The van der Waals surface area contributed by atoms with Crippen molar-refractivity contribution in [3.8, 4) is 5.75 Å². The Kier molecular flexibility index (Phi) is 6.31. The summed E-state index contributed by atoms with van der Waals surface area (Å²) in [5.74, 6) is -0.0882. The summed E-state index contributed by atoms with van der Waals surface area (Å²) >= 11 is 0. The second-order valence-corrected chi connectivity index (χ2v) is 10.5. The molecule has 0 unspecified atom stereocenters. The van der Waals surface area contributed by atoms with Gasteiger partial charge in [-0.15, -0.1) is 0 Å². The van der Waals surface area contributed by atoms with E-state index in [9.17, 15) is 18.0 Å². The molecule has 10 heteroatoms. The van der Waals surface area contributed by atoms with Gasteiger partial charge >= 0.3 is 0 Å². The van der Waals surface area contributed by atoms with Gasteiger partial charge in [-0.05, 0) is 49.6 Å². The van der Waals surface area contributed by atoms with Gasteiger partial charge in [0.15, 0.2) is 0 Å². The summed E-state index contributed by atoms with van der Waals surface area (Å²) in [6.45, 7) is 0.476. The Morgan fingerprint density at radius 3 is 2.64 bits per heavy atom. The molecule has 2 heterocycles. The molecule has 1 saturated heterocycles. The number of benzene rings is 2. The largest absolute Gasteiger partial charge is 0.495 e. The highest BCUT2D eigenvalue weighted by Gasteiger charge is 2.40. The number of para-hydroxylation sites is 2. The summed E-state index contributed by atoms with van der Waals surface area (Å²) in [6, 6.07) is 11.4. The molecule has 0 bridgehead atoms. The lowest BCUT2D eigenvalue weighted by Crippen LogP contribution is -2.56. The first-order valence-corrected chi connectivity index (χ1v) is 12.3. The number of nitrogens with one attached hydrogen (secondary N) is 1. The predicted octanol–water partition coefficient (Wildman–Crippen LogP) is 2.29. The van der Waals surface area contributed by atoms with Crippen molar-refractivity contribution in [2.24, 2.45) is 0 Å². The number of anilines is 3. The highest BCUT2D eigenvalue weighted by molar-refractivity contribution is 7.89. The van der Waals surface area contributed by atoms with Crippen LogP contribution in [0.25, 0.3) is 0 Å². The van der Waals surface area contributed by atoms with E-state index in [-0.39, 0.29) is 23.4 Å². The predicted molar refractivity (Wildman–Crippen MR) is 126 cm³/mol. The zero-order valence-corrected chi connectivity index (χ0v) is 19.8. The SMILES string of the molecule is COc1ccccc1NC(=O)CN1C(=O)[C@H]2CCCCN2c2ccc(S(=O)(=O)N(C)C)cc21. The highest BCUT2D eigenvalue weighted by atomic mass is 32.2. The van der Waals surface area contributed by atoms with Crippen molar-refractivity contribution in [2.75, 3.05) is 49.4 Å². The molecule has 1 fully saturated rings. The number of methoxy groups -OCH3 is 1. The van der Waals surface area contributed by atoms with Gasteiger partial charge in [-0.3, -0.25) is 14.5 Å². The molecule has 2 aromatic carbocycles. The number of nitrogens with zero attached hydrogens (tertiary/aromatic N) is 3. The molecule has 0 aromatic heterocycles. The Balaban J connectivity index is 1.71. The molecule has 1 N–H and O–H groups in total. The molecule has 2 amide bonds. The van der Waals surface area contributed by atoms with Crippen LogP contribution in [0.3, 0.4) is 0 Å². The fourth-order valence-corrected chi connectivity index (χ4v) is 5.28. The molecule has 33 heavy (non-hydrogen) atoms. The van der Waals surface area contributed by atoms with Gasteiger partial charge in [-0.25, -0.2) is 12.7 Å². The zero-order valence-electron chi connectivity index (χ0n) is 18.9. The van der Waals surface area contributed by atoms with E-state index in [1.807, 2.05) is 4.90 Å². The first-order valence-electron chi connectivity index (χ1n) is 10.8. The summed E-state index contributed by atoms with van der Waals surface area (Å²) in [6.07, 6.45) is 2.58. The normalized spacial score (nSPS) is 18.1. The number of ether oxygens (including phenoxy) is 1. The Labute approximate surface area is 194 Å². The number of hydrogen-bond acceptors (Lipinski definition) is 6. The number of amides is 2. The summed E-state index contributed by atoms with van der Waals surface area (Å²) in [5.41, 5.74) is 1.69. The molecular weight excluding hydrogens is 444 g/mol. The number of fused-ring (bicyclic) bond motifs is 3. The molecule has 176 valence electrons. The topological polar surface area (TPSA) is 99.3 Å². The van der Waals surface area contributed by atoms with Crippen molar-refractivity contribution < 1.29 is 22.7 Å². The molecule has 0 radical (unpaired) electrons. The molecule has 9 nitrogen and oxygen atoms in total. The van der Waals surface area contributed by atoms with Gasteiger partial charge < -0.3 is 15.0 Å². The third-order valence-electron chi connectivity index (χ3n) is 6.06. The van der Waals surface area contributed by atoms with Crippen molar-refractivity contribution in [1.82, 2.24) is 4.31 Å². The quantitative estimate of drug-likeness (QED) is 0.693. The Morgan fingerprint density at radius 2 is 1.91 bits per heavy atom. The van der Waals surface area contributed by atoms with Crippen molar-refractivity contribution in [3.05, 3.63) is 42.5 Å². The second-order valence-electron chi connectivity index (χ2n) is 8.32. The van der Waals surface area contributed by atoms with Gasteiger partial charge in [-0.1, -0.05) is 12.1 Å². The Hall–Kier alpha value is -3.11. The van der Waals surface area contributed by atoms with Crippen LogP contribution < -0.4 is 19.9 Å². The summed E-state index contributed by atoms with van der Waals surface area (Å²) in [4.78, 5) is 29.9. The van der Waals surface area contributed by atoms with Crippen LogP contribution in [0.5, 0.6) is 5.75 Å². The van der Waals surface area contributed by atoms with Crippen molar-refractivity contribution >= 4 is 38.9 Å². The fourth-order valence-electron chi connectivity index (χ4n) is 4.35. The van der Waals surface area contributed by atoms with Gasteiger partial charge in [0.05, 0.1) is 29.1 Å². The zero-order chi connectivity index (χ0) is 23.8. The van der Waals surface area contributed by atoms with E-state index < -0.39 is 15.9 Å². The number of sulfonamides is 1. The van der Waals surface area contributed by atoms with Crippen LogP contribution in [-0.2, 0) is 19.6 Å². The smallest absolute Gasteiger partial charge is 0.250 e. The Bertz CT molecular complexity index is 1180. The van der Waals surface area contributed by atoms with E-state index in [2.05, 4.69) is 5.32 Å². The van der Waals surface area contributed by atoms with Crippen LogP contribution in [0.1, 0.15) is 19.3 Å². The molecule has 0 spiro atoms. The lowest BCUT2D eigenvalue weighted by molar-refractivity contribution is -0.123. The maximum absolute atomic E-state index is 13.4. The van der Waals surface area contributed by atoms with Crippen molar-refractivity contribution in [3.63, 3.8) is 0 Å². The lowest BCUT2D eigenvalue weighted by atomic mass is 9.96. The van der Waals surface area contributed by atoms with E-state index in [1.54, 1.807) is 36.4 Å². The molecule has 2 aromatic rings. The average molecular weight is 473 g/mol. The molecule has 0 saturated carbocycles. The van der Waals surface area contributed by atoms with Crippen molar-refractivity contribution in [2.45, 2.75) is 30.2 Å².